The van der Waals surface area contributed by atoms with Gasteiger partial charge in [-0.3, -0.25) is 4.79 Å². The number of carbonyl (C=O) groups is 1. The Kier molecular flexibility index (Phi) is 9.73. The molecule has 0 aliphatic heterocycles. The quantitative estimate of drug-likeness (QED) is 0.564. The molecular weight excluding hydrogens is 128 g/mol. The molecule has 0 radical (unpaired) electrons. The van der Waals surface area contributed by atoms with E-state index in [-0.39, 0.29) is 0 Å². The van der Waals surface area contributed by atoms with Crippen LogP contribution in [0.1, 0.15) is 6.92 Å². The summed E-state index contributed by atoms with van der Waals surface area (Å²) in [5.41, 5.74) is 4.53. The summed E-state index contributed by atoms with van der Waals surface area (Å²) in [6.45, 7) is 6.35. The molecule has 2 N–H and O–H groups in total. The molecule has 0 bridgehead atoms. The molecule has 0 unspecified atom stereocenters. The molecule has 0 aromatic carbocycles. The van der Waals surface area contributed by atoms with Crippen molar-refractivity contribution >= 4 is 5.91 Å². The van der Waals surface area contributed by atoms with Crippen LogP contribution in [0.4, 0.5) is 0 Å². The van der Waals surface area contributed by atoms with E-state index in [0.29, 0.717) is 0 Å². The standard InChI is InChI=1S/C4H11N.C3H5NO/c1-4-5(2)3;1-2-3(4)5/h4H2,1-3H3;2H,1H2,(H2,4,5). The summed E-state index contributed by atoms with van der Waals surface area (Å²) in [6, 6.07) is 0. The maximum Gasteiger partial charge on any atom is 0.240 e. The number of hydrogen-bond donors (Lipinski definition) is 1. The molecule has 0 saturated heterocycles. The Morgan fingerprint density at radius 1 is 1.70 bits per heavy atom. The number of primary amides is 1. The maximum atomic E-state index is 9.47. The van der Waals surface area contributed by atoms with Crippen LogP contribution >= 0.6 is 0 Å². The van der Waals surface area contributed by atoms with Gasteiger partial charge in [-0.15, -0.1) is 0 Å². The summed E-state index contributed by atoms with van der Waals surface area (Å²) in [6.07, 6.45) is 1.06. The predicted molar refractivity (Wildman–Crippen MR) is 43.6 cm³/mol. The van der Waals surface area contributed by atoms with Gasteiger partial charge in [0.05, 0.1) is 0 Å². The minimum Gasteiger partial charge on any atom is -0.366 e. The summed E-state index contributed by atoms with van der Waals surface area (Å²) in [4.78, 5) is 11.6. The van der Waals surface area contributed by atoms with E-state index in [1.165, 1.54) is 0 Å². The Morgan fingerprint density at radius 2 is 1.90 bits per heavy atom. The molecule has 10 heavy (non-hydrogen) atoms. The highest BCUT2D eigenvalue weighted by Crippen LogP contribution is 1.63. The molecule has 0 aromatic heterocycles. The van der Waals surface area contributed by atoms with E-state index in [2.05, 4.69) is 38.2 Å². The third-order valence-electron chi connectivity index (χ3n) is 0.834. The van der Waals surface area contributed by atoms with Crippen LogP contribution in [-0.2, 0) is 4.79 Å². The van der Waals surface area contributed by atoms with Crippen LogP contribution in [0.2, 0.25) is 0 Å². The molecule has 3 nitrogen and oxygen atoms in total. The first-order valence-electron chi connectivity index (χ1n) is 3.11. The van der Waals surface area contributed by atoms with E-state index >= 15 is 0 Å². The molecule has 0 saturated carbocycles. The normalized spacial score (nSPS) is 8.00. The molecule has 0 spiro atoms. The molecular formula is C7H16N2O. The van der Waals surface area contributed by atoms with Crippen molar-refractivity contribution in [3.63, 3.8) is 0 Å². The van der Waals surface area contributed by atoms with Crippen LogP contribution in [-0.4, -0.2) is 31.4 Å². The van der Waals surface area contributed by atoms with Crippen LogP contribution in [0, 0.1) is 0 Å². The number of rotatable bonds is 2. The fraction of sp³-hybridized carbons (Fsp3) is 0.571. The van der Waals surface area contributed by atoms with E-state index in [1.807, 2.05) is 0 Å². The number of nitrogens with zero attached hydrogens (tertiary/aromatic N) is 1. The van der Waals surface area contributed by atoms with Crippen LogP contribution in [0.25, 0.3) is 0 Å². The van der Waals surface area contributed by atoms with Gasteiger partial charge >= 0.3 is 0 Å². The van der Waals surface area contributed by atoms with Gasteiger partial charge in [0.2, 0.25) is 5.91 Å². The first-order chi connectivity index (χ1) is 4.54. The maximum absolute atomic E-state index is 9.47. The first-order valence-corrected chi connectivity index (χ1v) is 3.11. The third-order valence-corrected chi connectivity index (χ3v) is 0.834. The second-order valence-electron chi connectivity index (χ2n) is 2.00. The van der Waals surface area contributed by atoms with Crippen LogP contribution in [0.3, 0.4) is 0 Å². The Bertz CT molecular complexity index is 99.8. The van der Waals surface area contributed by atoms with Crippen molar-refractivity contribution in [2.45, 2.75) is 6.92 Å². The topological polar surface area (TPSA) is 46.3 Å². The minimum absolute atomic E-state index is 0.481. The number of carbonyl (C=O) groups excluding carboxylic acids is 1. The molecule has 0 rings (SSSR count). The van der Waals surface area contributed by atoms with Gasteiger partial charge in [-0.2, -0.15) is 0 Å². The average molecular weight is 144 g/mol. The van der Waals surface area contributed by atoms with Gasteiger partial charge < -0.3 is 10.6 Å². The average Bonchev–Trinajstić information content (AvgIpc) is 1.89. The van der Waals surface area contributed by atoms with Crippen molar-refractivity contribution < 1.29 is 4.79 Å². The zero-order chi connectivity index (χ0) is 8.57. The second-order valence-corrected chi connectivity index (χ2v) is 2.00. The predicted octanol–water partition coefficient (Wildman–Crippen LogP) is 0.226. The largest absolute Gasteiger partial charge is 0.366 e. The lowest BCUT2D eigenvalue weighted by Gasteiger charge is -2.00. The summed E-state index contributed by atoms with van der Waals surface area (Å²) >= 11 is 0. The van der Waals surface area contributed by atoms with Gasteiger partial charge in [0.15, 0.2) is 0 Å². The monoisotopic (exact) mass is 144 g/mol. The van der Waals surface area contributed by atoms with Crippen LogP contribution in [0.15, 0.2) is 12.7 Å². The number of hydrogen-bond acceptors (Lipinski definition) is 2. The highest BCUT2D eigenvalue weighted by atomic mass is 16.1. The van der Waals surface area contributed by atoms with Crippen molar-refractivity contribution in [3.8, 4) is 0 Å². The molecule has 60 valence electrons. The SMILES string of the molecule is C=CC(N)=O.CCN(C)C. The Balaban J connectivity index is 0. The number of amides is 1. The van der Waals surface area contributed by atoms with Crippen molar-refractivity contribution in [1.29, 1.82) is 0 Å². The molecule has 0 aliphatic carbocycles. The Labute approximate surface area is 62.5 Å². The lowest BCUT2D eigenvalue weighted by molar-refractivity contribution is -0.113. The van der Waals surface area contributed by atoms with E-state index in [9.17, 15) is 4.79 Å². The zero-order valence-corrected chi connectivity index (χ0v) is 6.92. The molecule has 0 aliphatic rings. The highest BCUT2D eigenvalue weighted by Gasteiger charge is 1.72. The molecule has 0 fully saturated rings. The summed E-state index contributed by atoms with van der Waals surface area (Å²) < 4.78 is 0. The molecule has 0 heterocycles. The van der Waals surface area contributed by atoms with E-state index < -0.39 is 5.91 Å². The Hall–Kier alpha value is -0.830. The summed E-state index contributed by atoms with van der Waals surface area (Å²) in [5.74, 6) is -0.481. The van der Waals surface area contributed by atoms with Gasteiger partial charge in [0, 0.05) is 0 Å². The second kappa shape index (κ2) is 8.17. The van der Waals surface area contributed by atoms with Crippen LogP contribution in [0.5, 0.6) is 0 Å². The molecule has 3 heteroatoms. The van der Waals surface area contributed by atoms with Crippen molar-refractivity contribution in [2.75, 3.05) is 20.6 Å². The molecule has 0 aromatic rings. The lowest BCUT2D eigenvalue weighted by Crippen LogP contribution is -2.08. The van der Waals surface area contributed by atoms with Gasteiger partial charge in [0.25, 0.3) is 0 Å². The first kappa shape index (κ1) is 11.9. The van der Waals surface area contributed by atoms with Gasteiger partial charge in [0.1, 0.15) is 0 Å². The fourth-order valence-electron chi connectivity index (χ4n) is 0. The van der Waals surface area contributed by atoms with Crippen molar-refractivity contribution in [2.24, 2.45) is 5.73 Å². The third kappa shape index (κ3) is 27.2. The van der Waals surface area contributed by atoms with Gasteiger partial charge in [-0.25, -0.2) is 0 Å². The Morgan fingerprint density at radius 3 is 1.90 bits per heavy atom. The van der Waals surface area contributed by atoms with E-state index in [4.69, 9.17) is 0 Å². The molecule has 0 atom stereocenters. The smallest absolute Gasteiger partial charge is 0.240 e. The lowest BCUT2D eigenvalue weighted by atomic mass is 10.6. The van der Waals surface area contributed by atoms with Crippen LogP contribution < -0.4 is 5.73 Å². The number of nitrogens with two attached hydrogens (primary N) is 1. The van der Waals surface area contributed by atoms with Crippen molar-refractivity contribution in [1.82, 2.24) is 4.90 Å². The van der Waals surface area contributed by atoms with Gasteiger partial charge in [-0.05, 0) is 26.7 Å². The van der Waals surface area contributed by atoms with Gasteiger partial charge in [-0.1, -0.05) is 13.5 Å². The van der Waals surface area contributed by atoms with E-state index in [0.717, 1.165) is 12.6 Å². The van der Waals surface area contributed by atoms with E-state index in [1.54, 1.807) is 0 Å². The fourth-order valence-corrected chi connectivity index (χ4v) is 0. The summed E-state index contributed by atoms with van der Waals surface area (Å²) in [5, 5.41) is 0. The van der Waals surface area contributed by atoms with Crippen molar-refractivity contribution in [3.05, 3.63) is 12.7 Å². The highest BCUT2D eigenvalue weighted by molar-refractivity contribution is 5.84. The molecule has 1 amide bonds. The summed E-state index contributed by atoms with van der Waals surface area (Å²) in [7, 11) is 4.11. The minimum atomic E-state index is -0.481. The zero-order valence-electron chi connectivity index (χ0n) is 6.92.